The quantitative estimate of drug-likeness (QED) is 0.485. The van der Waals surface area contributed by atoms with Crippen molar-refractivity contribution in [2.45, 2.75) is 50.8 Å². The molecular formula is C18H31NO2S. The molecule has 0 aromatic heterocycles. The maximum atomic E-state index is 10.5. The van der Waals surface area contributed by atoms with E-state index >= 15 is 0 Å². The number of hydrogen-bond donors (Lipinski definition) is 2. The highest BCUT2D eigenvalue weighted by Gasteiger charge is 2.21. The molecule has 0 fully saturated rings. The van der Waals surface area contributed by atoms with Crippen LogP contribution in [0.3, 0.4) is 0 Å². The number of phenols is 1. The first-order valence-electron chi connectivity index (χ1n) is 8.23. The van der Waals surface area contributed by atoms with Crippen LogP contribution in [0.5, 0.6) is 11.5 Å². The zero-order valence-electron chi connectivity index (χ0n) is 14.6. The van der Waals surface area contributed by atoms with Crippen molar-refractivity contribution >= 4 is 11.8 Å². The van der Waals surface area contributed by atoms with E-state index < -0.39 is 0 Å². The molecule has 126 valence electrons. The number of nitrogens with one attached hydrogen (secondary N) is 1. The summed E-state index contributed by atoms with van der Waals surface area (Å²) in [5, 5.41) is 13.7. The molecule has 3 nitrogen and oxygen atoms in total. The van der Waals surface area contributed by atoms with Gasteiger partial charge in [0, 0.05) is 18.0 Å². The number of benzene rings is 1. The summed E-state index contributed by atoms with van der Waals surface area (Å²) in [4.78, 5) is 1.03. The number of thioether (sulfide) groups is 1. The van der Waals surface area contributed by atoms with Crippen molar-refractivity contribution in [2.24, 2.45) is 5.92 Å². The largest absolute Gasteiger partial charge is 0.508 e. The van der Waals surface area contributed by atoms with Crippen LogP contribution in [0.25, 0.3) is 0 Å². The lowest BCUT2D eigenvalue weighted by atomic mass is 9.87. The molecule has 22 heavy (non-hydrogen) atoms. The third-order valence-electron chi connectivity index (χ3n) is 3.95. The van der Waals surface area contributed by atoms with E-state index in [4.69, 9.17) is 4.74 Å². The topological polar surface area (TPSA) is 41.5 Å². The number of unbranched alkanes of at least 4 members (excludes halogenated alkanes) is 2. The molecule has 4 heteroatoms. The van der Waals surface area contributed by atoms with E-state index in [1.807, 2.05) is 19.2 Å². The van der Waals surface area contributed by atoms with Crippen LogP contribution in [-0.4, -0.2) is 31.6 Å². The Morgan fingerprint density at radius 1 is 1.27 bits per heavy atom. The molecule has 0 aliphatic carbocycles. The summed E-state index contributed by atoms with van der Waals surface area (Å²) >= 11 is 1.77. The third-order valence-corrected chi connectivity index (χ3v) is 5.07. The first kappa shape index (κ1) is 19.2. The molecular weight excluding hydrogens is 294 g/mol. The summed E-state index contributed by atoms with van der Waals surface area (Å²) in [6, 6.07) is 3.88. The lowest BCUT2D eigenvalue weighted by Crippen LogP contribution is -2.21. The average molecular weight is 326 g/mol. The summed E-state index contributed by atoms with van der Waals surface area (Å²) in [7, 11) is 3.65. The molecule has 0 aliphatic rings. The van der Waals surface area contributed by atoms with Gasteiger partial charge in [0.2, 0.25) is 0 Å². The van der Waals surface area contributed by atoms with Crippen LogP contribution in [0.2, 0.25) is 0 Å². The van der Waals surface area contributed by atoms with Crippen LogP contribution in [0.4, 0.5) is 0 Å². The van der Waals surface area contributed by atoms with Crippen LogP contribution in [-0.2, 0) is 0 Å². The molecule has 0 radical (unpaired) electrons. The number of likely N-dealkylation sites (N-methyl/N-ethyl adjacent to an activating group) is 1. The maximum Gasteiger partial charge on any atom is 0.132 e. The first-order valence-corrected chi connectivity index (χ1v) is 9.21. The Kier molecular flexibility index (Phi) is 8.72. The number of ether oxygens (including phenoxy) is 1. The summed E-state index contributed by atoms with van der Waals surface area (Å²) in [6.45, 7) is 7.42. The minimum absolute atomic E-state index is 0.276. The molecule has 0 bridgehead atoms. The normalized spacial score (nSPS) is 12.6. The monoisotopic (exact) mass is 325 g/mol. The van der Waals surface area contributed by atoms with Crippen molar-refractivity contribution in [3.8, 4) is 11.5 Å². The molecule has 0 amide bonds. The maximum absolute atomic E-state index is 10.5. The van der Waals surface area contributed by atoms with Crippen LogP contribution in [0, 0.1) is 5.92 Å². The second-order valence-electron chi connectivity index (χ2n) is 6.03. The molecule has 0 aliphatic heterocycles. The molecule has 0 unspecified atom stereocenters. The third kappa shape index (κ3) is 5.40. The van der Waals surface area contributed by atoms with Crippen LogP contribution in [0.15, 0.2) is 17.0 Å². The van der Waals surface area contributed by atoms with Gasteiger partial charge in [0.15, 0.2) is 0 Å². The van der Waals surface area contributed by atoms with Crippen LogP contribution in [0.1, 0.15) is 51.5 Å². The summed E-state index contributed by atoms with van der Waals surface area (Å²) in [5.74, 6) is 3.04. The van der Waals surface area contributed by atoms with Gasteiger partial charge in [-0.1, -0.05) is 33.6 Å². The molecule has 0 spiro atoms. The SMILES string of the molecule is CCCCCSc1cc(O)c([C@H](CNC)C(C)C)cc1OC. The Bertz CT molecular complexity index is 449. The van der Waals surface area contributed by atoms with E-state index in [1.54, 1.807) is 18.9 Å². The van der Waals surface area contributed by atoms with E-state index in [0.717, 1.165) is 28.5 Å². The minimum Gasteiger partial charge on any atom is -0.508 e. The first-order chi connectivity index (χ1) is 10.5. The Balaban J connectivity index is 2.97. The number of aromatic hydroxyl groups is 1. The van der Waals surface area contributed by atoms with Gasteiger partial charge in [-0.2, -0.15) is 0 Å². The highest BCUT2D eigenvalue weighted by molar-refractivity contribution is 7.99. The molecule has 1 aromatic carbocycles. The second-order valence-corrected chi connectivity index (χ2v) is 7.16. The Hall–Kier alpha value is -0.870. The van der Waals surface area contributed by atoms with Gasteiger partial charge in [0.1, 0.15) is 11.5 Å². The number of hydrogen-bond acceptors (Lipinski definition) is 4. The summed E-state index contributed by atoms with van der Waals surface area (Å²) in [5.41, 5.74) is 0.971. The van der Waals surface area contributed by atoms with Gasteiger partial charge in [0.25, 0.3) is 0 Å². The molecule has 2 N–H and O–H groups in total. The van der Waals surface area contributed by atoms with Crippen molar-refractivity contribution < 1.29 is 9.84 Å². The highest BCUT2D eigenvalue weighted by Crippen LogP contribution is 2.40. The zero-order valence-corrected chi connectivity index (χ0v) is 15.4. The highest BCUT2D eigenvalue weighted by atomic mass is 32.2. The van der Waals surface area contributed by atoms with Crippen molar-refractivity contribution in [3.63, 3.8) is 0 Å². The standard InChI is InChI=1S/C18H31NO2S/c1-6-7-8-9-22-18-11-16(20)14(10-17(18)21-5)15(12-19-4)13(2)3/h10-11,13,15,19-20H,6-9,12H2,1-5H3/t15-/m1/s1. The van der Waals surface area contributed by atoms with E-state index in [9.17, 15) is 5.11 Å². The van der Waals surface area contributed by atoms with Gasteiger partial charge >= 0.3 is 0 Å². The molecule has 1 atom stereocenters. The fraction of sp³-hybridized carbons (Fsp3) is 0.667. The Morgan fingerprint density at radius 2 is 2.00 bits per heavy atom. The van der Waals surface area contributed by atoms with Gasteiger partial charge in [-0.3, -0.25) is 0 Å². The molecule has 0 saturated heterocycles. The lowest BCUT2D eigenvalue weighted by Gasteiger charge is -2.23. The lowest BCUT2D eigenvalue weighted by molar-refractivity contribution is 0.392. The van der Waals surface area contributed by atoms with E-state index in [1.165, 1.54) is 19.3 Å². The van der Waals surface area contributed by atoms with Gasteiger partial charge < -0.3 is 15.2 Å². The Morgan fingerprint density at radius 3 is 2.55 bits per heavy atom. The van der Waals surface area contributed by atoms with Gasteiger partial charge in [-0.05, 0) is 37.3 Å². The minimum atomic E-state index is 0.276. The van der Waals surface area contributed by atoms with Gasteiger partial charge in [-0.25, -0.2) is 0 Å². The summed E-state index contributed by atoms with van der Waals surface area (Å²) in [6.07, 6.45) is 3.67. The number of rotatable bonds is 10. The fourth-order valence-corrected chi connectivity index (χ4v) is 3.64. The smallest absolute Gasteiger partial charge is 0.132 e. The van der Waals surface area contributed by atoms with Crippen LogP contribution >= 0.6 is 11.8 Å². The fourth-order valence-electron chi connectivity index (χ4n) is 2.59. The molecule has 0 heterocycles. The number of methoxy groups -OCH3 is 1. The van der Waals surface area contributed by atoms with Crippen molar-refractivity contribution in [3.05, 3.63) is 17.7 Å². The predicted molar refractivity (Wildman–Crippen MR) is 96.4 cm³/mol. The Labute approximate surface area is 139 Å². The molecule has 1 rings (SSSR count). The molecule has 0 saturated carbocycles. The summed E-state index contributed by atoms with van der Waals surface area (Å²) < 4.78 is 5.55. The van der Waals surface area contributed by atoms with Gasteiger partial charge in [0.05, 0.1) is 12.0 Å². The van der Waals surface area contributed by atoms with E-state index in [-0.39, 0.29) is 5.92 Å². The van der Waals surface area contributed by atoms with E-state index in [0.29, 0.717) is 11.7 Å². The second kappa shape index (κ2) is 10.0. The predicted octanol–water partition coefficient (Wildman–Crippen LogP) is 4.64. The van der Waals surface area contributed by atoms with Crippen molar-refractivity contribution in [2.75, 3.05) is 26.5 Å². The van der Waals surface area contributed by atoms with E-state index in [2.05, 4.69) is 26.1 Å². The van der Waals surface area contributed by atoms with Gasteiger partial charge in [-0.15, -0.1) is 11.8 Å². The zero-order chi connectivity index (χ0) is 16.5. The molecule has 1 aromatic rings. The van der Waals surface area contributed by atoms with Crippen LogP contribution < -0.4 is 10.1 Å². The average Bonchev–Trinajstić information content (AvgIpc) is 2.49. The number of phenolic OH excluding ortho intramolecular Hbond substituents is 1. The van der Waals surface area contributed by atoms with Crippen molar-refractivity contribution in [1.82, 2.24) is 5.32 Å². The van der Waals surface area contributed by atoms with Crippen molar-refractivity contribution in [1.29, 1.82) is 0 Å².